The van der Waals surface area contributed by atoms with Crippen LogP contribution in [0.3, 0.4) is 0 Å². The lowest BCUT2D eigenvalue weighted by Crippen LogP contribution is -2.06. The van der Waals surface area contributed by atoms with E-state index in [9.17, 15) is 8.42 Å². The van der Waals surface area contributed by atoms with E-state index in [1.54, 1.807) is 0 Å². The van der Waals surface area contributed by atoms with E-state index in [1.807, 2.05) is 29.6 Å². The predicted octanol–water partition coefficient (Wildman–Crippen LogP) is 4.59. The minimum atomic E-state index is -3.28. The largest absolute Gasteiger partial charge is 0.439 e. The van der Waals surface area contributed by atoms with Gasteiger partial charge >= 0.3 is 0 Å². The van der Waals surface area contributed by atoms with Gasteiger partial charge in [0.15, 0.2) is 9.84 Å². The lowest BCUT2D eigenvalue weighted by Gasteiger charge is -2.08. The summed E-state index contributed by atoms with van der Waals surface area (Å²) < 4.78 is 28.6. The normalized spacial score (nSPS) is 11.5. The molecule has 0 atom stereocenters. The first kappa shape index (κ1) is 20.5. The molecule has 0 aliphatic heterocycles. The Morgan fingerprint density at radius 3 is 2.60 bits per heavy atom. The highest BCUT2D eigenvalue weighted by molar-refractivity contribution is 7.90. The van der Waals surface area contributed by atoms with Crippen LogP contribution in [0.1, 0.15) is 5.56 Å². The van der Waals surface area contributed by atoms with Gasteiger partial charge in [-0.25, -0.2) is 23.4 Å². The zero-order valence-corrected chi connectivity index (χ0v) is 18.3. The molecule has 4 rings (SSSR count). The second-order valence-corrected chi connectivity index (χ2v) is 9.79. The fourth-order valence-electron chi connectivity index (χ4n) is 2.79. The summed E-state index contributed by atoms with van der Waals surface area (Å²) in [6, 6.07) is 10.6. The Morgan fingerprint density at radius 1 is 1.10 bits per heavy atom. The SMILES string of the molecule is CS(=O)(=O)c1ccc(Oc2ccc(CCNc3ncnc4scc(Cl)c34)cc2)nc1. The van der Waals surface area contributed by atoms with Gasteiger partial charge in [0.2, 0.25) is 5.88 Å². The third kappa shape index (κ3) is 4.69. The first-order valence-corrected chi connectivity index (χ1v) is 12.1. The Kier molecular flexibility index (Phi) is 5.85. The number of pyridine rings is 1. The highest BCUT2D eigenvalue weighted by Gasteiger charge is 2.10. The number of rotatable bonds is 7. The standard InChI is InChI=1S/C20H17ClN4O3S2/c1-30(26,27)15-6-7-17(23-10-15)28-14-4-2-13(3-5-14)8-9-22-19-18-16(21)11-29-20(18)25-12-24-19/h2-7,10-12H,8-9H2,1H3,(H,22,24,25). The van der Waals surface area contributed by atoms with Crippen LogP contribution in [-0.2, 0) is 16.3 Å². The van der Waals surface area contributed by atoms with Crippen LogP contribution >= 0.6 is 22.9 Å². The quantitative estimate of drug-likeness (QED) is 0.431. The fourth-order valence-corrected chi connectivity index (χ4v) is 4.48. The van der Waals surface area contributed by atoms with Gasteiger partial charge < -0.3 is 10.1 Å². The van der Waals surface area contributed by atoms with Crippen molar-refractivity contribution in [2.75, 3.05) is 18.1 Å². The summed E-state index contributed by atoms with van der Waals surface area (Å²) in [5.74, 6) is 1.68. The predicted molar refractivity (Wildman–Crippen MR) is 118 cm³/mol. The average Bonchev–Trinajstić information content (AvgIpc) is 3.11. The number of fused-ring (bicyclic) bond motifs is 1. The Bertz CT molecular complexity index is 1270. The van der Waals surface area contributed by atoms with E-state index >= 15 is 0 Å². The van der Waals surface area contributed by atoms with Crippen LogP contribution in [0, 0.1) is 0 Å². The maximum Gasteiger partial charge on any atom is 0.219 e. The van der Waals surface area contributed by atoms with Crippen molar-refractivity contribution in [3.63, 3.8) is 0 Å². The lowest BCUT2D eigenvalue weighted by atomic mass is 10.1. The van der Waals surface area contributed by atoms with Crippen LogP contribution in [0.15, 0.2) is 59.2 Å². The van der Waals surface area contributed by atoms with E-state index < -0.39 is 9.84 Å². The number of aromatic nitrogens is 3. The maximum atomic E-state index is 11.5. The number of thiophene rings is 1. The van der Waals surface area contributed by atoms with Crippen molar-refractivity contribution in [1.29, 1.82) is 0 Å². The van der Waals surface area contributed by atoms with Gasteiger partial charge in [-0.1, -0.05) is 23.7 Å². The lowest BCUT2D eigenvalue weighted by molar-refractivity contribution is 0.461. The highest BCUT2D eigenvalue weighted by Crippen LogP contribution is 2.32. The van der Waals surface area contributed by atoms with Gasteiger partial charge in [0.05, 0.1) is 15.3 Å². The number of nitrogens with zero attached hydrogens (tertiary/aromatic N) is 3. The van der Waals surface area contributed by atoms with Gasteiger partial charge in [-0.15, -0.1) is 11.3 Å². The molecule has 0 spiro atoms. The van der Waals surface area contributed by atoms with E-state index in [-0.39, 0.29) is 4.90 Å². The van der Waals surface area contributed by atoms with Crippen molar-refractivity contribution in [2.45, 2.75) is 11.3 Å². The molecule has 154 valence electrons. The molecule has 1 N–H and O–H groups in total. The fraction of sp³-hybridized carbons (Fsp3) is 0.150. The van der Waals surface area contributed by atoms with E-state index in [1.165, 1.54) is 36.0 Å². The summed E-state index contributed by atoms with van der Waals surface area (Å²) in [5, 5.41) is 6.67. The zero-order chi connectivity index (χ0) is 21.1. The van der Waals surface area contributed by atoms with Crippen molar-refractivity contribution in [3.8, 4) is 11.6 Å². The van der Waals surface area contributed by atoms with Gasteiger partial charge in [0, 0.05) is 30.4 Å². The summed E-state index contributed by atoms with van der Waals surface area (Å²) in [6.45, 7) is 0.688. The molecule has 7 nitrogen and oxygen atoms in total. The smallest absolute Gasteiger partial charge is 0.219 e. The summed E-state index contributed by atoms with van der Waals surface area (Å²) in [7, 11) is -3.28. The van der Waals surface area contributed by atoms with Crippen LogP contribution in [-0.4, -0.2) is 36.2 Å². The number of hydrogen-bond donors (Lipinski definition) is 1. The Morgan fingerprint density at radius 2 is 1.90 bits per heavy atom. The third-order valence-corrected chi connectivity index (χ3v) is 6.73. The molecule has 0 saturated carbocycles. The number of halogens is 1. The molecular formula is C20H17ClN4O3S2. The highest BCUT2D eigenvalue weighted by atomic mass is 35.5. The molecular weight excluding hydrogens is 444 g/mol. The number of sulfone groups is 1. The Hall–Kier alpha value is -2.75. The second kappa shape index (κ2) is 8.55. The molecule has 0 unspecified atom stereocenters. The molecule has 4 aromatic rings. The monoisotopic (exact) mass is 460 g/mol. The number of ether oxygens (including phenoxy) is 1. The molecule has 3 heterocycles. The van der Waals surface area contributed by atoms with Crippen molar-refractivity contribution in [2.24, 2.45) is 0 Å². The Labute approximate surface area is 182 Å². The van der Waals surface area contributed by atoms with Gasteiger partial charge in [0.1, 0.15) is 22.7 Å². The number of anilines is 1. The van der Waals surface area contributed by atoms with E-state index in [4.69, 9.17) is 16.3 Å². The third-order valence-electron chi connectivity index (χ3n) is 4.31. The molecule has 0 fully saturated rings. The van der Waals surface area contributed by atoms with Crippen LogP contribution in [0.25, 0.3) is 10.2 Å². The molecule has 10 heteroatoms. The molecule has 3 aromatic heterocycles. The van der Waals surface area contributed by atoms with Gasteiger partial charge in [-0.3, -0.25) is 0 Å². The number of nitrogens with one attached hydrogen (secondary N) is 1. The number of hydrogen-bond acceptors (Lipinski definition) is 8. The van der Waals surface area contributed by atoms with Crippen molar-refractivity contribution in [3.05, 3.63) is 64.9 Å². The van der Waals surface area contributed by atoms with Gasteiger partial charge in [0.25, 0.3) is 0 Å². The topological polar surface area (TPSA) is 94.1 Å². The first-order chi connectivity index (χ1) is 14.4. The van der Waals surface area contributed by atoms with Crippen LogP contribution < -0.4 is 10.1 Å². The van der Waals surface area contributed by atoms with E-state index in [0.717, 1.165) is 34.3 Å². The van der Waals surface area contributed by atoms with Crippen molar-refractivity contribution in [1.82, 2.24) is 15.0 Å². The minimum absolute atomic E-state index is 0.155. The summed E-state index contributed by atoms with van der Waals surface area (Å²) in [4.78, 5) is 13.6. The van der Waals surface area contributed by atoms with Crippen LogP contribution in [0.2, 0.25) is 5.02 Å². The minimum Gasteiger partial charge on any atom is -0.439 e. The maximum absolute atomic E-state index is 11.5. The molecule has 30 heavy (non-hydrogen) atoms. The first-order valence-electron chi connectivity index (χ1n) is 8.94. The molecule has 0 aliphatic carbocycles. The molecule has 0 amide bonds. The van der Waals surface area contributed by atoms with E-state index in [2.05, 4.69) is 20.3 Å². The molecule has 0 radical (unpaired) electrons. The summed E-state index contributed by atoms with van der Waals surface area (Å²) in [6.07, 6.45) is 4.74. The molecule has 0 saturated heterocycles. The van der Waals surface area contributed by atoms with Gasteiger partial charge in [-0.05, 0) is 30.2 Å². The Balaban J connectivity index is 1.35. The van der Waals surface area contributed by atoms with Crippen molar-refractivity contribution < 1.29 is 13.2 Å². The number of benzene rings is 1. The molecule has 0 bridgehead atoms. The summed E-state index contributed by atoms with van der Waals surface area (Å²) >= 11 is 7.72. The average molecular weight is 461 g/mol. The van der Waals surface area contributed by atoms with Gasteiger partial charge in [-0.2, -0.15) is 0 Å². The summed E-state index contributed by atoms with van der Waals surface area (Å²) in [5.41, 5.74) is 1.12. The van der Waals surface area contributed by atoms with Crippen LogP contribution in [0.4, 0.5) is 5.82 Å². The second-order valence-electron chi connectivity index (χ2n) is 6.51. The van der Waals surface area contributed by atoms with E-state index in [0.29, 0.717) is 23.2 Å². The zero-order valence-electron chi connectivity index (χ0n) is 15.9. The molecule has 0 aliphatic rings. The molecule has 1 aromatic carbocycles. The van der Waals surface area contributed by atoms with Crippen molar-refractivity contribution >= 4 is 48.8 Å². The van der Waals surface area contributed by atoms with Crippen LogP contribution in [0.5, 0.6) is 11.6 Å².